The Morgan fingerprint density at radius 2 is 2.24 bits per heavy atom. The highest BCUT2D eigenvalue weighted by Gasteiger charge is 2.25. The number of nitrogens with two attached hydrogens (primary N) is 1. The lowest BCUT2D eigenvalue weighted by molar-refractivity contribution is -0.385. The molecule has 2 N–H and O–H groups in total. The van der Waals surface area contributed by atoms with Gasteiger partial charge in [-0.05, 0) is 36.9 Å². The van der Waals surface area contributed by atoms with Crippen LogP contribution < -0.4 is 10.5 Å². The van der Waals surface area contributed by atoms with Gasteiger partial charge in [-0.2, -0.15) is 0 Å². The average Bonchev–Trinajstić information content (AvgIpc) is 2.48. The molecule has 1 aromatic carbocycles. The lowest BCUT2D eigenvalue weighted by Crippen LogP contribution is -2.45. The Morgan fingerprint density at radius 1 is 1.48 bits per heavy atom. The fourth-order valence-electron chi connectivity index (χ4n) is 2.95. The van der Waals surface area contributed by atoms with E-state index in [0.717, 1.165) is 24.9 Å². The van der Waals surface area contributed by atoms with Crippen LogP contribution in [0.3, 0.4) is 0 Å². The number of hydrogen-bond acceptors (Lipinski definition) is 5. The molecular weight excluding hydrogens is 270 g/mol. The molecule has 21 heavy (non-hydrogen) atoms. The number of rotatable bonds is 5. The molecule has 0 spiro atoms. The van der Waals surface area contributed by atoms with Crippen LogP contribution in [-0.2, 0) is 6.54 Å². The molecule has 6 nitrogen and oxygen atoms in total. The normalized spacial score (nSPS) is 23.0. The first-order chi connectivity index (χ1) is 10.0. The molecular formula is C15H23N3O3. The van der Waals surface area contributed by atoms with E-state index in [2.05, 4.69) is 11.8 Å². The second kappa shape index (κ2) is 6.87. The number of nitro benzene ring substituents is 1. The van der Waals surface area contributed by atoms with Crippen molar-refractivity contribution < 1.29 is 9.66 Å². The Kier molecular flexibility index (Phi) is 5.14. The monoisotopic (exact) mass is 293 g/mol. The van der Waals surface area contributed by atoms with Crippen molar-refractivity contribution in [3.63, 3.8) is 0 Å². The first-order valence-electron chi connectivity index (χ1n) is 7.30. The predicted octanol–water partition coefficient (Wildman–Crippen LogP) is 2.16. The number of nitrogens with zero attached hydrogens (tertiary/aromatic N) is 2. The molecule has 1 aliphatic heterocycles. The van der Waals surface area contributed by atoms with Crippen LogP contribution in [0.1, 0.15) is 25.3 Å². The van der Waals surface area contributed by atoms with Crippen molar-refractivity contribution in [1.29, 1.82) is 0 Å². The largest absolute Gasteiger partial charge is 0.496 e. The first kappa shape index (κ1) is 15.7. The molecule has 2 atom stereocenters. The van der Waals surface area contributed by atoms with Gasteiger partial charge in [0.2, 0.25) is 0 Å². The van der Waals surface area contributed by atoms with Crippen molar-refractivity contribution in [1.82, 2.24) is 4.90 Å². The summed E-state index contributed by atoms with van der Waals surface area (Å²) in [6.45, 7) is 4.52. The zero-order chi connectivity index (χ0) is 15.4. The maximum atomic E-state index is 11.0. The molecule has 0 saturated carbocycles. The Balaban J connectivity index is 2.18. The summed E-state index contributed by atoms with van der Waals surface area (Å²) < 4.78 is 5.16. The van der Waals surface area contributed by atoms with Gasteiger partial charge in [0, 0.05) is 25.2 Å². The molecule has 2 rings (SSSR count). The summed E-state index contributed by atoms with van der Waals surface area (Å²) in [5.41, 5.74) is 6.83. The fraction of sp³-hybridized carbons (Fsp3) is 0.600. The maximum Gasteiger partial charge on any atom is 0.273 e. The molecule has 0 bridgehead atoms. The van der Waals surface area contributed by atoms with E-state index in [4.69, 9.17) is 10.5 Å². The summed E-state index contributed by atoms with van der Waals surface area (Å²) in [5.74, 6) is 1.21. The SMILES string of the molecule is COc1cc(CN2CCC(C)CC2CN)cc([N+](=O)[O-])c1. The van der Waals surface area contributed by atoms with E-state index < -0.39 is 0 Å². The minimum absolute atomic E-state index is 0.0685. The summed E-state index contributed by atoms with van der Waals surface area (Å²) in [6.07, 6.45) is 2.23. The van der Waals surface area contributed by atoms with Crippen molar-refractivity contribution in [2.75, 3.05) is 20.2 Å². The third kappa shape index (κ3) is 3.92. The van der Waals surface area contributed by atoms with Gasteiger partial charge in [0.15, 0.2) is 0 Å². The molecule has 2 unspecified atom stereocenters. The van der Waals surface area contributed by atoms with Crippen LogP contribution in [0.2, 0.25) is 0 Å². The number of piperidine rings is 1. The van der Waals surface area contributed by atoms with E-state index in [0.29, 0.717) is 30.8 Å². The van der Waals surface area contributed by atoms with Crippen LogP contribution in [0, 0.1) is 16.0 Å². The molecule has 1 aliphatic rings. The number of ether oxygens (including phenoxy) is 1. The predicted molar refractivity (Wildman–Crippen MR) is 81.3 cm³/mol. The highest BCUT2D eigenvalue weighted by molar-refractivity contribution is 5.42. The van der Waals surface area contributed by atoms with Gasteiger partial charge in [-0.1, -0.05) is 6.92 Å². The third-order valence-corrected chi connectivity index (χ3v) is 4.16. The Labute approximate surface area is 125 Å². The standard InChI is InChI=1S/C15H23N3O3/c1-11-3-4-17(14(5-11)9-16)10-12-6-13(18(19)20)8-15(7-12)21-2/h6-8,11,14H,3-5,9-10,16H2,1-2H3. The first-order valence-corrected chi connectivity index (χ1v) is 7.30. The number of hydrogen-bond donors (Lipinski definition) is 1. The van der Waals surface area contributed by atoms with E-state index in [1.165, 1.54) is 13.2 Å². The average molecular weight is 293 g/mol. The van der Waals surface area contributed by atoms with Crippen LogP contribution >= 0.6 is 0 Å². The van der Waals surface area contributed by atoms with Crippen LogP contribution in [0.4, 0.5) is 5.69 Å². The number of methoxy groups -OCH3 is 1. The minimum atomic E-state index is -0.384. The highest BCUT2D eigenvalue weighted by atomic mass is 16.6. The molecule has 0 radical (unpaired) electrons. The zero-order valence-corrected chi connectivity index (χ0v) is 12.6. The summed E-state index contributed by atoms with van der Waals surface area (Å²) in [7, 11) is 1.52. The molecule has 1 aromatic rings. The minimum Gasteiger partial charge on any atom is -0.496 e. The van der Waals surface area contributed by atoms with Crippen molar-refractivity contribution in [2.24, 2.45) is 11.7 Å². The molecule has 0 aliphatic carbocycles. The number of likely N-dealkylation sites (tertiary alicyclic amines) is 1. The Morgan fingerprint density at radius 3 is 2.86 bits per heavy atom. The molecule has 0 aromatic heterocycles. The molecule has 116 valence electrons. The Hall–Kier alpha value is -1.66. The molecule has 1 fully saturated rings. The maximum absolute atomic E-state index is 11.0. The van der Waals surface area contributed by atoms with Gasteiger partial charge in [-0.3, -0.25) is 15.0 Å². The number of nitro groups is 1. The van der Waals surface area contributed by atoms with E-state index in [9.17, 15) is 10.1 Å². The molecule has 1 saturated heterocycles. The summed E-state index contributed by atoms with van der Waals surface area (Å²) in [6, 6.07) is 5.27. The van der Waals surface area contributed by atoms with Crippen LogP contribution in [0.15, 0.2) is 18.2 Å². The number of benzene rings is 1. The van der Waals surface area contributed by atoms with Crippen LogP contribution in [0.5, 0.6) is 5.75 Å². The lowest BCUT2D eigenvalue weighted by atomic mass is 9.92. The van der Waals surface area contributed by atoms with Crippen molar-refractivity contribution >= 4 is 5.69 Å². The van der Waals surface area contributed by atoms with E-state index in [1.807, 2.05) is 6.07 Å². The highest BCUT2D eigenvalue weighted by Crippen LogP contribution is 2.27. The van der Waals surface area contributed by atoms with Gasteiger partial charge < -0.3 is 10.5 Å². The smallest absolute Gasteiger partial charge is 0.273 e. The van der Waals surface area contributed by atoms with Gasteiger partial charge in [-0.25, -0.2) is 0 Å². The topological polar surface area (TPSA) is 81.6 Å². The van der Waals surface area contributed by atoms with Gasteiger partial charge >= 0.3 is 0 Å². The third-order valence-electron chi connectivity index (χ3n) is 4.16. The summed E-state index contributed by atoms with van der Waals surface area (Å²) in [4.78, 5) is 12.9. The molecule has 1 heterocycles. The van der Waals surface area contributed by atoms with Gasteiger partial charge in [0.1, 0.15) is 5.75 Å². The second-order valence-electron chi connectivity index (χ2n) is 5.79. The van der Waals surface area contributed by atoms with Crippen molar-refractivity contribution in [3.8, 4) is 5.75 Å². The Bertz CT molecular complexity index is 507. The number of non-ortho nitro benzene ring substituents is 1. The lowest BCUT2D eigenvalue weighted by Gasteiger charge is -2.38. The van der Waals surface area contributed by atoms with Crippen molar-refractivity contribution in [2.45, 2.75) is 32.4 Å². The molecule has 6 heteroatoms. The summed E-state index contributed by atoms with van der Waals surface area (Å²) >= 11 is 0. The fourth-order valence-corrected chi connectivity index (χ4v) is 2.95. The van der Waals surface area contributed by atoms with Crippen molar-refractivity contribution in [3.05, 3.63) is 33.9 Å². The van der Waals surface area contributed by atoms with Gasteiger partial charge in [0.25, 0.3) is 5.69 Å². The summed E-state index contributed by atoms with van der Waals surface area (Å²) in [5, 5.41) is 11.0. The quantitative estimate of drug-likeness (QED) is 0.664. The van der Waals surface area contributed by atoms with Gasteiger partial charge in [-0.15, -0.1) is 0 Å². The van der Waals surface area contributed by atoms with E-state index in [1.54, 1.807) is 6.07 Å². The second-order valence-corrected chi connectivity index (χ2v) is 5.79. The van der Waals surface area contributed by atoms with E-state index >= 15 is 0 Å². The van der Waals surface area contributed by atoms with Crippen LogP contribution in [0.25, 0.3) is 0 Å². The van der Waals surface area contributed by atoms with Gasteiger partial charge in [0.05, 0.1) is 18.1 Å². The van der Waals surface area contributed by atoms with Crippen LogP contribution in [-0.4, -0.2) is 36.1 Å². The van der Waals surface area contributed by atoms with E-state index in [-0.39, 0.29) is 10.6 Å². The molecule has 0 amide bonds. The zero-order valence-electron chi connectivity index (χ0n) is 12.6.